The summed E-state index contributed by atoms with van der Waals surface area (Å²) in [4.78, 5) is 0.476. The van der Waals surface area contributed by atoms with Crippen LogP contribution in [0.3, 0.4) is 0 Å². The number of nitrogens with one attached hydrogen (secondary N) is 1. The van der Waals surface area contributed by atoms with Crippen LogP contribution in [0.25, 0.3) is 6.08 Å². The van der Waals surface area contributed by atoms with E-state index in [1.807, 2.05) is 24.3 Å². The number of benzene rings is 1. The molecule has 1 N–H and O–H groups in total. The average molecular weight is 281 g/mol. The van der Waals surface area contributed by atoms with Gasteiger partial charge in [0.25, 0.3) is 0 Å². The molecule has 0 aliphatic heterocycles. The van der Waals surface area contributed by atoms with Crippen molar-refractivity contribution in [2.24, 2.45) is 0 Å². The van der Waals surface area contributed by atoms with Crippen molar-refractivity contribution in [3.63, 3.8) is 0 Å². The summed E-state index contributed by atoms with van der Waals surface area (Å²) in [5.74, 6) is 0. The summed E-state index contributed by atoms with van der Waals surface area (Å²) in [6.07, 6.45) is 3.80. The van der Waals surface area contributed by atoms with Gasteiger partial charge in [0.15, 0.2) is 0 Å². The highest BCUT2D eigenvalue weighted by atomic mass is 32.2. The van der Waals surface area contributed by atoms with E-state index in [1.165, 1.54) is 5.56 Å². The van der Waals surface area contributed by atoms with Crippen molar-refractivity contribution in [3.05, 3.63) is 40.3 Å². The van der Waals surface area contributed by atoms with Crippen molar-refractivity contribution in [2.45, 2.75) is 19.3 Å². The number of allylic oxidation sites excluding steroid dienone is 1. The van der Waals surface area contributed by atoms with Gasteiger partial charge in [0, 0.05) is 20.3 Å². The molecule has 1 aromatic carbocycles. The highest BCUT2D eigenvalue weighted by Gasteiger charge is 2.20. The molecule has 5 heteroatoms. The Morgan fingerprint density at radius 2 is 2.05 bits per heavy atom. The van der Waals surface area contributed by atoms with Crippen LogP contribution in [0.1, 0.15) is 24.0 Å². The normalized spacial score (nSPS) is 14.9. The van der Waals surface area contributed by atoms with Crippen LogP contribution in [0.4, 0.5) is 0 Å². The Morgan fingerprint density at radius 1 is 1.26 bits per heavy atom. The lowest BCUT2D eigenvalue weighted by Crippen LogP contribution is -2.27. The smallest absolute Gasteiger partial charge is 0.236 e. The topological polar surface area (TPSA) is 55.4 Å². The first-order valence-electron chi connectivity index (χ1n) is 6.40. The lowest BCUT2D eigenvalue weighted by molar-refractivity contribution is 0.196. The van der Waals surface area contributed by atoms with E-state index in [-0.39, 0.29) is 0 Å². The molecule has 4 nitrogen and oxygen atoms in total. The second kappa shape index (κ2) is 6.32. The van der Waals surface area contributed by atoms with Crippen LogP contribution in [0.5, 0.6) is 0 Å². The number of methoxy groups -OCH3 is 1. The molecule has 1 aromatic rings. The molecule has 0 saturated heterocycles. The van der Waals surface area contributed by atoms with E-state index in [0.29, 0.717) is 30.9 Å². The van der Waals surface area contributed by atoms with Gasteiger partial charge in [0.1, 0.15) is 0 Å². The van der Waals surface area contributed by atoms with Crippen molar-refractivity contribution in [1.82, 2.24) is 4.72 Å². The molecule has 0 aromatic heterocycles. The summed E-state index contributed by atoms with van der Waals surface area (Å²) in [6.45, 7) is 0.972. The lowest BCUT2D eigenvalue weighted by Gasteiger charge is -2.17. The van der Waals surface area contributed by atoms with Gasteiger partial charge in [0.05, 0.1) is 4.91 Å². The molecule has 2 rings (SSSR count). The first-order chi connectivity index (χ1) is 9.13. The second-order valence-corrected chi connectivity index (χ2v) is 6.37. The Labute approximate surface area is 114 Å². The molecule has 0 atom stereocenters. The van der Waals surface area contributed by atoms with Gasteiger partial charge < -0.3 is 4.74 Å². The van der Waals surface area contributed by atoms with Gasteiger partial charge in [-0.05, 0) is 36.5 Å². The van der Waals surface area contributed by atoms with E-state index in [9.17, 15) is 8.42 Å². The highest BCUT2D eigenvalue weighted by molar-refractivity contribution is 7.93. The number of aryl methyl sites for hydroxylation is 1. The molecule has 104 valence electrons. The Kier molecular flexibility index (Phi) is 4.74. The fourth-order valence-electron chi connectivity index (χ4n) is 2.13. The molecule has 0 heterocycles. The Bertz CT molecular complexity index is 564. The van der Waals surface area contributed by atoms with Gasteiger partial charge in [-0.25, -0.2) is 13.1 Å². The standard InChI is InChI=1S/C14H19NO3S/c1-18-10-4-9-15-19(16,17)14-8-7-12-5-2-3-6-13(12)11-14/h2-3,5-6,11,15H,4,7-10H2,1H3. The van der Waals surface area contributed by atoms with Crippen molar-refractivity contribution >= 4 is 16.1 Å². The summed E-state index contributed by atoms with van der Waals surface area (Å²) < 4.78 is 31.8. The molecule has 1 aliphatic carbocycles. The van der Waals surface area contributed by atoms with E-state index in [1.54, 1.807) is 13.2 Å². The van der Waals surface area contributed by atoms with E-state index in [4.69, 9.17) is 4.74 Å². The maximum atomic E-state index is 12.1. The van der Waals surface area contributed by atoms with Crippen LogP contribution in [-0.4, -0.2) is 28.7 Å². The van der Waals surface area contributed by atoms with Crippen molar-refractivity contribution in [1.29, 1.82) is 0 Å². The quantitative estimate of drug-likeness (QED) is 0.811. The summed E-state index contributed by atoms with van der Waals surface area (Å²) in [5.41, 5.74) is 2.21. The number of hydrogen-bond acceptors (Lipinski definition) is 3. The van der Waals surface area contributed by atoms with Gasteiger partial charge in [-0.1, -0.05) is 24.3 Å². The Hall–Kier alpha value is -1.17. The predicted octanol–water partition coefficient (Wildman–Crippen LogP) is 1.93. The maximum absolute atomic E-state index is 12.1. The van der Waals surface area contributed by atoms with Crippen LogP contribution in [0.15, 0.2) is 29.2 Å². The summed E-state index contributed by atoms with van der Waals surface area (Å²) in [7, 11) is -1.74. The third-order valence-electron chi connectivity index (χ3n) is 3.17. The Morgan fingerprint density at radius 3 is 2.84 bits per heavy atom. The number of rotatable bonds is 6. The minimum atomic E-state index is -3.35. The minimum absolute atomic E-state index is 0.412. The van der Waals surface area contributed by atoms with E-state index in [2.05, 4.69) is 4.72 Å². The summed E-state index contributed by atoms with van der Waals surface area (Å²) in [6, 6.07) is 7.91. The third-order valence-corrected chi connectivity index (χ3v) is 4.77. The van der Waals surface area contributed by atoms with Crippen LogP contribution in [0, 0.1) is 0 Å². The van der Waals surface area contributed by atoms with Gasteiger partial charge in [-0.2, -0.15) is 0 Å². The molecule has 0 radical (unpaired) electrons. The maximum Gasteiger partial charge on any atom is 0.236 e. The van der Waals surface area contributed by atoms with Gasteiger partial charge in [0.2, 0.25) is 10.0 Å². The average Bonchev–Trinajstić information content (AvgIpc) is 2.43. The van der Waals surface area contributed by atoms with Gasteiger partial charge >= 0.3 is 0 Å². The van der Waals surface area contributed by atoms with Gasteiger partial charge in [-0.15, -0.1) is 0 Å². The largest absolute Gasteiger partial charge is 0.385 e. The monoisotopic (exact) mass is 281 g/mol. The minimum Gasteiger partial charge on any atom is -0.385 e. The van der Waals surface area contributed by atoms with E-state index >= 15 is 0 Å². The van der Waals surface area contributed by atoms with Crippen LogP contribution in [-0.2, 0) is 21.2 Å². The number of fused-ring (bicyclic) bond motifs is 1. The SMILES string of the molecule is COCCCNS(=O)(=O)C1=Cc2ccccc2CC1. The zero-order valence-electron chi connectivity index (χ0n) is 11.1. The number of sulfonamides is 1. The van der Waals surface area contributed by atoms with Crippen LogP contribution in [0.2, 0.25) is 0 Å². The van der Waals surface area contributed by atoms with E-state index in [0.717, 1.165) is 12.0 Å². The molecule has 0 unspecified atom stereocenters. The molecule has 0 amide bonds. The van der Waals surface area contributed by atoms with Crippen molar-refractivity contribution in [3.8, 4) is 0 Å². The summed E-state index contributed by atoms with van der Waals surface area (Å²) >= 11 is 0. The van der Waals surface area contributed by atoms with E-state index < -0.39 is 10.0 Å². The molecule has 19 heavy (non-hydrogen) atoms. The van der Waals surface area contributed by atoms with Gasteiger partial charge in [-0.3, -0.25) is 0 Å². The fourth-order valence-corrected chi connectivity index (χ4v) is 3.39. The predicted molar refractivity (Wildman–Crippen MR) is 76.2 cm³/mol. The number of ether oxygens (including phenoxy) is 1. The lowest BCUT2D eigenvalue weighted by atomic mass is 9.98. The molecular formula is C14H19NO3S. The molecule has 0 saturated carbocycles. The molecule has 0 fully saturated rings. The third kappa shape index (κ3) is 3.65. The second-order valence-electron chi connectivity index (χ2n) is 4.55. The summed E-state index contributed by atoms with van der Waals surface area (Å²) in [5, 5.41) is 0. The number of hydrogen-bond donors (Lipinski definition) is 1. The molecule has 0 bridgehead atoms. The van der Waals surface area contributed by atoms with Crippen LogP contribution >= 0.6 is 0 Å². The fraction of sp³-hybridized carbons (Fsp3) is 0.429. The van der Waals surface area contributed by atoms with Crippen molar-refractivity contribution < 1.29 is 13.2 Å². The Balaban J connectivity index is 2.08. The zero-order valence-corrected chi connectivity index (χ0v) is 11.9. The van der Waals surface area contributed by atoms with Crippen LogP contribution < -0.4 is 4.72 Å². The highest BCUT2D eigenvalue weighted by Crippen LogP contribution is 2.26. The van der Waals surface area contributed by atoms with Crippen molar-refractivity contribution in [2.75, 3.05) is 20.3 Å². The molecule has 1 aliphatic rings. The first kappa shape index (κ1) is 14.2. The molecule has 0 spiro atoms. The zero-order chi connectivity index (χ0) is 13.7. The first-order valence-corrected chi connectivity index (χ1v) is 7.89. The molecular weight excluding hydrogens is 262 g/mol.